The van der Waals surface area contributed by atoms with Crippen LogP contribution in [0, 0.1) is 11.7 Å². The van der Waals surface area contributed by atoms with E-state index in [0.29, 0.717) is 17.0 Å². The zero-order chi connectivity index (χ0) is 14.7. The van der Waals surface area contributed by atoms with Crippen molar-refractivity contribution in [3.05, 3.63) is 34.6 Å². The van der Waals surface area contributed by atoms with E-state index in [9.17, 15) is 9.18 Å². The summed E-state index contributed by atoms with van der Waals surface area (Å²) in [6.45, 7) is 0.191. The van der Waals surface area contributed by atoms with Gasteiger partial charge >= 0.3 is 0 Å². The molecule has 0 radical (unpaired) electrons. The highest BCUT2D eigenvalue weighted by Crippen LogP contribution is 2.26. The van der Waals surface area contributed by atoms with E-state index in [4.69, 9.17) is 17.3 Å². The van der Waals surface area contributed by atoms with Gasteiger partial charge in [0.2, 0.25) is 5.91 Å². The van der Waals surface area contributed by atoms with Crippen LogP contribution >= 0.6 is 11.6 Å². The predicted molar refractivity (Wildman–Crippen MR) is 77.8 cm³/mol. The Morgan fingerprint density at radius 3 is 2.90 bits per heavy atom. The van der Waals surface area contributed by atoms with Gasteiger partial charge in [-0.15, -0.1) is 0 Å². The number of amides is 1. The van der Waals surface area contributed by atoms with E-state index in [-0.39, 0.29) is 30.2 Å². The van der Waals surface area contributed by atoms with Crippen molar-refractivity contribution in [3.8, 4) is 0 Å². The molecule has 1 amide bonds. The van der Waals surface area contributed by atoms with Crippen LogP contribution in [0.25, 0.3) is 0 Å². The molecule has 0 aliphatic heterocycles. The van der Waals surface area contributed by atoms with Crippen LogP contribution in [-0.2, 0) is 11.3 Å². The maximum atomic E-state index is 13.7. The average molecular weight is 299 g/mol. The first-order valence-electron chi connectivity index (χ1n) is 6.92. The summed E-state index contributed by atoms with van der Waals surface area (Å²) in [5, 5.41) is 0.352. The van der Waals surface area contributed by atoms with Gasteiger partial charge in [-0.05, 0) is 31.4 Å². The number of benzene rings is 1. The van der Waals surface area contributed by atoms with Gasteiger partial charge in [-0.2, -0.15) is 0 Å². The first kappa shape index (κ1) is 15.3. The number of nitrogens with two attached hydrogens (primary N) is 1. The van der Waals surface area contributed by atoms with Crippen molar-refractivity contribution in [1.82, 2.24) is 4.90 Å². The number of halogens is 2. The molecule has 20 heavy (non-hydrogen) atoms. The molecular formula is C15H20ClFN2O. The van der Waals surface area contributed by atoms with E-state index in [0.717, 1.165) is 19.3 Å². The molecule has 1 fully saturated rings. The second-order valence-corrected chi connectivity index (χ2v) is 5.93. The third-order valence-corrected chi connectivity index (χ3v) is 4.25. The van der Waals surface area contributed by atoms with Crippen LogP contribution in [-0.4, -0.2) is 23.9 Å². The SMILES string of the molecule is CN(Cc1c(F)cccc1Cl)C(=O)C1CCCC(N)C1. The number of carbonyl (C=O) groups is 1. The van der Waals surface area contributed by atoms with Gasteiger partial charge in [0.05, 0.1) is 0 Å². The Morgan fingerprint density at radius 2 is 2.25 bits per heavy atom. The van der Waals surface area contributed by atoms with Crippen LogP contribution in [0.15, 0.2) is 18.2 Å². The topological polar surface area (TPSA) is 46.3 Å². The molecule has 1 aliphatic rings. The van der Waals surface area contributed by atoms with Crippen molar-refractivity contribution in [1.29, 1.82) is 0 Å². The number of rotatable bonds is 3. The van der Waals surface area contributed by atoms with Crippen molar-refractivity contribution >= 4 is 17.5 Å². The van der Waals surface area contributed by atoms with Crippen LogP contribution in [0.5, 0.6) is 0 Å². The molecule has 1 aromatic rings. The summed E-state index contributed by atoms with van der Waals surface area (Å²) in [7, 11) is 1.69. The third-order valence-electron chi connectivity index (χ3n) is 3.90. The Bertz CT molecular complexity index is 475. The first-order valence-corrected chi connectivity index (χ1v) is 7.30. The van der Waals surface area contributed by atoms with Crippen molar-refractivity contribution in [3.63, 3.8) is 0 Å². The van der Waals surface area contributed by atoms with Gasteiger partial charge in [-0.1, -0.05) is 24.1 Å². The molecule has 110 valence electrons. The summed E-state index contributed by atoms with van der Waals surface area (Å²) in [6, 6.07) is 4.65. The summed E-state index contributed by atoms with van der Waals surface area (Å²) in [5.41, 5.74) is 6.28. The molecule has 5 heteroatoms. The molecule has 1 saturated carbocycles. The van der Waals surface area contributed by atoms with Crippen molar-refractivity contribution < 1.29 is 9.18 Å². The van der Waals surface area contributed by atoms with E-state index in [1.165, 1.54) is 6.07 Å². The Hall–Kier alpha value is -1.13. The molecule has 2 N–H and O–H groups in total. The minimum Gasteiger partial charge on any atom is -0.341 e. The molecule has 1 aliphatic carbocycles. The molecule has 3 nitrogen and oxygen atoms in total. The monoisotopic (exact) mass is 298 g/mol. The molecule has 2 atom stereocenters. The summed E-state index contributed by atoms with van der Waals surface area (Å²) in [6.07, 6.45) is 3.54. The number of carbonyl (C=O) groups excluding carboxylic acids is 1. The van der Waals surface area contributed by atoms with Gasteiger partial charge in [-0.25, -0.2) is 4.39 Å². The molecule has 0 aromatic heterocycles. The van der Waals surface area contributed by atoms with Gasteiger partial charge in [0, 0.05) is 36.1 Å². The standard InChI is InChI=1S/C15H20ClFN2O/c1-19(9-12-13(16)6-3-7-14(12)17)15(20)10-4-2-5-11(18)8-10/h3,6-7,10-11H,2,4-5,8-9,18H2,1H3. The van der Waals surface area contributed by atoms with Crippen LogP contribution in [0.3, 0.4) is 0 Å². The Labute approximate surface area is 123 Å². The smallest absolute Gasteiger partial charge is 0.225 e. The van der Waals surface area contributed by atoms with Gasteiger partial charge < -0.3 is 10.6 Å². The highest BCUT2D eigenvalue weighted by Gasteiger charge is 2.28. The molecular weight excluding hydrogens is 279 g/mol. The zero-order valence-electron chi connectivity index (χ0n) is 11.6. The Kier molecular flexibility index (Phi) is 5.00. The molecule has 0 heterocycles. The largest absolute Gasteiger partial charge is 0.341 e. The fourth-order valence-corrected chi connectivity index (χ4v) is 2.98. The molecule has 1 aromatic carbocycles. The third kappa shape index (κ3) is 3.49. The van der Waals surface area contributed by atoms with Crippen LogP contribution in [0.1, 0.15) is 31.2 Å². The van der Waals surface area contributed by atoms with Crippen LogP contribution in [0.2, 0.25) is 5.02 Å². The predicted octanol–water partition coefficient (Wildman–Crippen LogP) is 2.96. The van der Waals surface area contributed by atoms with Gasteiger partial charge in [0.1, 0.15) is 5.82 Å². The summed E-state index contributed by atoms with van der Waals surface area (Å²) in [5.74, 6) is -0.397. The van der Waals surface area contributed by atoms with E-state index in [2.05, 4.69) is 0 Å². The van der Waals surface area contributed by atoms with Crippen molar-refractivity contribution in [2.75, 3.05) is 7.05 Å². The lowest BCUT2D eigenvalue weighted by Gasteiger charge is -2.29. The summed E-state index contributed by atoms with van der Waals surface area (Å²) >= 11 is 5.99. The van der Waals surface area contributed by atoms with E-state index < -0.39 is 0 Å². The summed E-state index contributed by atoms with van der Waals surface area (Å²) in [4.78, 5) is 13.9. The first-order chi connectivity index (χ1) is 9.49. The maximum Gasteiger partial charge on any atom is 0.225 e. The molecule has 2 rings (SSSR count). The Balaban J connectivity index is 2.04. The van der Waals surface area contributed by atoms with E-state index in [1.807, 2.05) is 0 Å². The fourth-order valence-electron chi connectivity index (χ4n) is 2.76. The van der Waals surface area contributed by atoms with Crippen molar-refractivity contribution in [2.45, 2.75) is 38.3 Å². The molecule has 0 saturated heterocycles. The van der Waals surface area contributed by atoms with Gasteiger partial charge in [-0.3, -0.25) is 4.79 Å². The quantitative estimate of drug-likeness (QED) is 0.932. The van der Waals surface area contributed by atoms with E-state index >= 15 is 0 Å². The fraction of sp³-hybridized carbons (Fsp3) is 0.533. The molecule has 2 unspecified atom stereocenters. The zero-order valence-corrected chi connectivity index (χ0v) is 12.4. The van der Waals surface area contributed by atoms with Gasteiger partial charge in [0.25, 0.3) is 0 Å². The number of nitrogens with zero attached hydrogens (tertiary/aromatic N) is 1. The lowest BCUT2D eigenvalue weighted by atomic mass is 9.85. The highest BCUT2D eigenvalue weighted by molar-refractivity contribution is 6.31. The lowest BCUT2D eigenvalue weighted by Crippen LogP contribution is -2.38. The van der Waals surface area contributed by atoms with Crippen LogP contribution in [0.4, 0.5) is 4.39 Å². The van der Waals surface area contributed by atoms with E-state index in [1.54, 1.807) is 24.1 Å². The Morgan fingerprint density at radius 1 is 1.50 bits per heavy atom. The summed E-state index contributed by atoms with van der Waals surface area (Å²) < 4.78 is 13.7. The van der Waals surface area contributed by atoms with Crippen LogP contribution < -0.4 is 5.73 Å². The average Bonchev–Trinajstić information content (AvgIpc) is 2.42. The minimum absolute atomic E-state index is 0.0273. The second-order valence-electron chi connectivity index (χ2n) is 5.52. The molecule has 0 spiro atoms. The molecule has 0 bridgehead atoms. The maximum absolute atomic E-state index is 13.7. The van der Waals surface area contributed by atoms with Crippen molar-refractivity contribution in [2.24, 2.45) is 11.7 Å². The minimum atomic E-state index is -0.377. The normalized spacial score (nSPS) is 22.6. The lowest BCUT2D eigenvalue weighted by molar-refractivity contribution is -0.135. The number of hydrogen-bond donors (Lipinski definition) is 1. The number of hydrogen-bond acceptors (Lipinski definition) is 2. The highest BCUT2D eigenvalue weighted by atomic mass is 35.5. The second kappa shape index (κ2) is 6.55. The van der Waals surface area contributed by atoms with Gasteiger partial charge in [0.15, 0.2) is 0 Å².